The van der Waals surface area contributed by atoms with Gasteiger partial charge < -0.3 is 39.7 Å². The van der Waals surface area contributed by atoms with Gasteiger partial charge in [0.15, 0.2) is 12.5 Å². The lowest BCUT2D eigenvalue weighted by molar-refractivity contribution is -0.0545. The van der Waals surface area contributed by atoms with Crippen LogP contribution in [0, 0.1) is 0 Å². The second-order valence-corrected chi connectivity index (χ2v) is 14.1. The fourth-order valence-corrected chi connectivity index (χ4v) is 7.87. The molecule has 27 heteroatoms. The predicted molar refractivity (Wildman–Crippen MR) is 142 cm³/mol. The molecule has 0 aromatic carbocycles. The number of rotatable bonds is 12. The molecule has 2 aliphatic rings. The van der Waals surface area contributed by atoms with Crippen molar-refractivity contribution in [1.29, 1.82) is 0 Å². The number of aliphatic hydroxyl groups is 4. The Bertz CT molecular complexity index is 1650. The molecule has 45 heavy (non-hydrogen) atoms. The van der Waals surface area contributed by atoms with Crippen LogP contribution in [0.15, 0.2) is 43.7 Å². The highest BCUT2D eigenvalue weighted by Gasteiger charge is 2.48. The molecule has 4 rings (SSSR count). The first-order valence-electron chi connectivity index (χ1n) is 12.2. The number of nitrogens with zero attached hydrogens (tertiary/aromatic N) is 2. The van der Waals surface area contributed by atoms with E-state index in [2.05, 4.69) is 17.7 Å². The van der Waals surface area contributed by atoms with Crippen molar-refractivity contribution < 1.29 is 71.1 Å². The van der Waals surface area contributed by atoms with Crippen molar-refractivity contribution in [1.82, 2.24) is 19.1 Å². The largest absolute Gasteiger partial charge is 0.478 e. The van der Waals surface area contributed by atoms with Crippen molar-refractivity contribution >= 4 is 30.7 Å². The van der Waals surface area contributed by atoms with Crippen LogP contribution in [-0.4, -0.2) is 107 Å². The number of nitrogens with one attached hydrogen (secondary N) is 2. The Morgan fingerprint density at radius 3 is 1.40 bits per heavy atom. The molecule has 4 heterocycles. The molecule has 2 aliphatic heterocycles. The molecule has 0 amide bonds. The maximum atomic E-state index is 12.4. The monoisotopic (exact) mass is 704 g/mol. The normalized spacial score (nSPS) is 32.5. The van der Waals surface area contributed by atoms with Gasteiger partial charge >= 0.3 is 27.0 Å². The van der Waals surface area contributed by atoms with Crippen LogP contribution in [0.5, 0.6) is 0 Å². The number of aromatic amines is 2. The number of aromatic nitrogens is 4. The van der Waals surface area contributed by atoms with E-state index in [0.29, 0.717) is 9.13 Å². The van der Waals surface area contributed by atoms with Crippen LogP contribution in [0.1, 0.15) is 12.5 Å². The van der Waals surface area contributed by atoms with Gasteiger partial charge in [-0.3, -0.25) is 42.3 Å². The molecule has 0 saturated carbocycles. The molecule has 2 aromatic heterocycles. The number of aliphatic hydroxyl groups excluding tert-OH is 4. The van der Waals surface area contributed by atoms with Crippen molar-refractivity contribution in [2.24, 2.45) is 0 Å². The number of phosphoric ester groups is 2. The van der Waals surface area contributed by atoms with Crippen LogP contribution in [0.25, 0.3) is 0 Å². The van der Waals surface area contributed by atoms with Crippen molar-refractivity contribution in [3.05, 3.63) is 66.2 Å². The number of hydrogen-bond donors (Lipinski definition) is 8. The van der Waals surface area contributed by atoms with Crippen molar-refractivity contribution in [2.45, 2.75) is 49.1 Å². The van der Waals surface area contributed by atoms with Gasteiger partial charge in [-0.1, -0.05) is 0 Å². The van der Waals surface area contributed by atoms with Crippen molar-refractivity contribution in [2.75, 3.05) is 13.2 Å². The average Bonchev–Trinajstić information content (AvgIpc) is 3.35. The third-order valence-corrected chi connectivity index (χ3v) is 10.6. The van der Waals surface area contributed by atoms with Crippen molar-refractivity contribution in [3.63, 3.8) is 0 Å². The van der Waals surface area contributed by atoms with Gasteiger partial charge in [0.25, 0.3) is 18.6 Å². The zero-order valence-corrected chi connectivity index (χ0v) is 24.8. The minimum atomic E-state index is -5.56. The van der Waals surface area contributed by atoms with Gasteiger partial charge in [0.05, 0.1) is 13.2 Å². The second-order valence-electron chi connectivity index (χ2n) is 9.36. The Morgan fingerprint density at radius 2 is 1.07 bits per heavy atom. The fourth-order valence-electron chi connectivity index (χ4n) is 4.13. The van der Waals surface area contributed by atoms with Crippen LogP contribution in [0.4, 0.5) is 0 Å². The van der Waals surface area contributed by atoms with E-state index in [4.69, 9.17) is 17.0 Å². The summed E-state index contributed by atoms with van der Waals surface area (Å²) in [7, 11) is -11.5. The Labute approximate surface area is 249 Å². The van der Waals surface area contributed by atoms with E-state index in [1.165, 1.54) is 0 Å². The van der Waals surface area contributed by atoms with Crippen molar-refractivity contribution in [3.8, 4) is 0 Å². The van der Waals surface area contributed by atoms with E-state index in [9.17, 15) is 63.1 Å². The first-order valence-corrected chi connectivity index (χ1v) is 16.8. The Balaban J connectivity index is 1.31. The van der Waals surface area contributed by atoms with E-state index in [1.54, 1.807) is 0 Å². The third-order valence-electron chi connectivity index (χ3n) is 6.16. The lowest BCUT2D eigenvalue weighted by Gasteiger charge is -2.22. The highest BCUT2D eigenvalue weighted by Crippen LogP contribution is 2.67. The summed E-state index contributed by atoms with van der Waals surface area (Å²) in [6.45, 7) is -2.15. The quantitative estimate of drug-likeness (QED) is 0.0768. The smallest absolute Gasteiger partial charge is 0.387 e. The standard InChI is InChI=1S/C18H24BN4O19P3/c19-43(32,41-44(33,34)37-5-7-11(26)13(28)15(39-7)22-3-1-9(24)20-17(22)30)42-45(35,36)38-6-8-12(27)14(29)16(40-8)23-4-2-10(25)21-18(23)31/h1-4,7-8,11-16,26-29H,5-6H2,(H,33,34)(H,35,36)(H,20,24,30)(H,21,25,31)/t7-,8-,11-,12-,13-,14-,15-,16-/m1/s1. The molecule has 8 N–H and O–H groups in total. The van der Waals surface area contributed by atoms with Crippen LogP contribution in [0.3, 0.4) is 0 Å². The molecule has 2 aromatic rings. The Morgan fingerprint density at radius 1 is 0.711 bits per heavy atom. The van der Waals surface area contributed by atoms with Crippen LogP contribution >= 0.6 is 23.1 Å². The molecule has 0 aliphatic carbocycles. The molecule has 0 bridgehead atoms. The minimum absolute atomic E-state index is 0.699. The first kappa shape index (κ1) is 35.5. The van der Waals surface area contributed by atoms with Gasteiger partial charge in [-0.15, -0.1) is 0 Å². The number of phosphoric acid groups is 2. The molecule has 2 fully saturated rings. The minimum Gasteiger partial charge on any atom is -0.387 e. The summed E-state index contributed by atoms with van der Waals surface area (Å²) in [5.41, 5.74) is -3.59. The zero-order valence-electron chi connectivity index (χ0n) is 22.1. The van der Waals surface area contributed by atoms with E-state index < -0.39 is 108 Å². The highest BCUT2D eigenvalue weighted by molar-refractivity contribution is 7.86. The summed E-state index contributed by atoms with van der Waals surface area (Å²) in [6, 6.07) is 1.82. The fraction of sp³-hybridized carbons (Fsp3) is 0.556. The van der Waals surface area contributed by atoms with Crippen LogP contribution in [-0.2, 0) is 40.8 Å². The summed E-state index contributed by atoms with van der Waals surface area (Å²) in [5, 5.41) is 40.8. The molecule has 248 valence electrons. The first-order chi connectivity index (χ1) is 20.8. The van der Waals surface area contributed by atoms with E-state index >= 15 is 0 Å². The van der Waals surface area contributed by atoms with Gasteiger partial charge in [-0.25, -0.2) is 27.3 Å². The molecule has 23 nitrogen and oxygen atoms in total. The van der Waals surface area contributed by atoms with Gasteiger partial charge in [0, 0.05) is 24.5 Å². The Hall–Kier alpha value is -2.37. The lowest BCUT2D eigenvalue weighted by Crippen LogP contribution is -2.37. The van der Waals surface area contributed by atoms with Gasteiger partial charge in [0.2, 0.25) is 7.57 Å². The summed E-state index contributed by atoms with van der Waals surface area (Å²) in [5.74, 6) is 0. The summed E-state index contributed by atoms with van der Waals surface area (Å²) in [4.78, 5) is 70.0. The number of hydrogen-bond acceptors (Lipinski definition) is 17. The zero-order chi connectivity index (χ0) is 33.5. The van der Waals surface area contributed by atoms with Gasteiger partial charge in [0.1, 0.15) is 36.6 Å². The Kier molecular flexibility index (Phi) is 10.6. The van der Waals surface area contributed by atoms with E-state index in [0.717, 1.165) is 24.5 Å². The maximum absolute atomic E-state index is 12.4. The summed E-state index contributed by atoms with van der Waals surface area (Å²) < 4.78 is 66.3. The van der Waals surface area contributed by atoms with Gasteiger partial charge in [-0.05, 0) is 0 Å². The molecular formula is C18H24BN4O19P3. The summed E-state index contributed by atoms with van der Waals surface area (Å²) >= 11 is 0. The van der Waals surface area contributed by atoms with Crippen LogP contribution < -0.4 is 22.5 Å². The molecule has 10 atom stereocenters. The lowest BCUT2D eigenvalue weighted by atomic mass is 10.1. The number of H-pyrrole nitrogens is 2. The maximum Gasteiger partial charge on any atom is 0.478 e. The number of ether oxygens (including phenoxy) is 2. The van der Waals surface area contributed by atoms with E-state index in [1.807, 2.05) is 9.97 Å². The van der Waals surface area contributed by atoms with Crippen LogP contribution in [0.2, 0.25) is 0 Å². The predicted octanol–water partition coefficient (Wildman–Crippen LogP) is -4.13. The SMILES string of the molecule is [B]P(=O)(OP(=O)(O)OC[C@H]1O[C@@H](n2ccc(=O)[nH]c2=O)[C@H](O)[C@@H]1O)OP(=O)(O)OC[C@H]1O[C@@H](n2ccc(=O)[nH]c2=O)[C@H](O)[C@@H]1O. The highest BCUT2D eigenvalue weighted by atomic mass is 31.3. The molecular weight excluding hydrogens is 680 g/mol. The topological polar surface area (TPSA) is 338 Å². The molecule has 0 spiro atoms. The molecule has 2 radical (unpaired) electrons. The average molecular weight is 704 g/mol. The van der Waals surface area contributed by atoms with E-state index in [-0.39, 0.29) is 0 Å². The summed E-state index contributed by atoms with van der Waals surface area (Å²) in [6.07, 6.45) is -11.8. The third kappa shape index (κ3) is 8.52. The van der Waals surface area contributed by atoms with Gasteiger partial charge in [-0.2, -0.15) is 0 Å². The molecule has 2 saturated heterocycles. The second kappa shape index (κ2) is 13.4. The molecule has 2 unspecified atom stereocenters.